The summed E-state index contributed by atoms with van der Waals surface area (Å²) in [6, 6.07) is 12.5. The lowest BCUT2D eigenvalue weighted by Gasteiger charge is -2.43. The number of halogens is 4. The van der Waals surface area contributed by atoms with E-state index < -0.39 is 30.1 Å². The molecule has 2 amide bonds. The largest absolute Gasteiger partial charge is 0.416 e. The second-order valence-electron chi connectivity index (χ2n) is 8.41. The predicted molar refractivity (Wildman–Crippen MR) is 111 cm³/mol. The van der Waals surface area contributed by atoms with E-state index in [4.69, 9.17) is 4.74 Å². The van der Waals surface area contributed by atoms with E-state index in [-0.39, 0.29) is 35.8 Å². The minimum absolute atomic E-state index is 0.0403. The van der Waals surface area contributed by atoms with Crippen LogP contribution in [0.15, 0.2) is 48.5 Å². The Bertz CT molecular complexity index is 969. The first-order valence-corrected chi connectivity index (χ1v) is 10.5. The van der Waals surface area contributed by atoms with Gasteiger partial charge in [-0.25, -0.2) is 9.18 Å². The topological polar surface area (TPSA) is 62.4 Å². The van der Waals surface area contributed by atoms with Gasteiger partial charge in [0.05, 0.1) is 35.9 Å². The summed E-state index contributed by atoms with van der Waals surface area (Å²) in [4.78, 5) is 11.8. The number of fused-ring (bicyclic) bond motifs is 1. The molecule has 2 aliphatic rings. The Kier molecular flexibility index (Phi) is 6.13. The lowest BCUT2D eigenvalue weighted by Crippen LogP contribution is -2.60. The summed E-state index contributed by atoms with van der Waals surface area (Å²) in [5, 5.41) is 9.29. The van der Waals surface area contributed by atoms with Gasteiger partial charge in [-0.3, -0.25) is 0 Å². The molecule has 32 heavy (non-hydrogen) atoms. The zero-order valence-electron chi connectivity index (χ0n) is 17.5. The van der Waals surface area contributed by atoms with E-state index in [2.05, 4.69) is 16.0 Å². The third-order valence-corrected chi connectivity index (χ3v) is 6.22. The molecule has 2 saturated heterocycles. The first-order valence-electron chi connectivity index (χ1n) is 10.5. The maximum Gasteiger partial charge on any atom is 0.416 e. The third-order valence-electron chi connectivity index (χ3n) is 6.22. The molecular formula is C23H25F4N3O2. The molecule has 2 heterocycles. The van der Waals surface area contributed by atoms with Gasteiger partial charge < -0.3 is 20.7 Å². The monoisotopic (exact) mass is 451 g/mol. The van der Waals surface area contributed by atoms with Gasteiger partial charge in [-0.2, -0.15) is 13.2 Å². The van der Waals surface area contributed by atoms with Gasteiger partial charge in [0.2, 0.25) is 0 Å². The molecule has 4 atom stereocenters. The van der Waals surface area contributed by atoms with E-state index in [1.54, 1.807) is 6.92 Å². The normalized spacial score (nSPS) is 26.2. The molecule has 4 rings (SSSR count). The summed E-state index contributed by atoms with van der Waals surface area (Å²) in [6.45, 7) is 1.35. The highest BCUT2D eigenvalue weighted by Gasteiger charge is 2.46. The molecule has 0 radical (unpaired) electrons. The quantitative estimate of drug-likeness (QED) is 0.578. The Balaban J connectivity index is 1.57. The number of amides is 2. The summed E-state index contributed by atoms with van der Waals surface area (Å²) in [6.07, 6.45) is -4.72. The summed E-state index contributed by atoms with van der Waals surface area (Å²) >= 11 is 0. The number of nitrogens with one attached hydrogen (secondary N) is 3. The van der Waals surface area contributed by atoms with Gasteiger partial charge in [0.15, 0.2) is 0 Å². The number of hydrogen-bond donors (Lipinski definition) is 3. The summed E-state index contributed by atoms with van der Waals surface area (Å²) in [7, 11) is 0. The van der Waals surface area contributed by atoms with Crippen molar-refractivity contribution in [3.63, 3.8) is 0 Å². The average Bonchev–Trinajstić information content (AvgIpc) is 3.16. The Morgan fingerprint density at radius 1 is 1.12 bits per heavy atom. The Morgan fingerprint density at radius 3 is 2.53 bits per heavy atom. The van der Waals surface area contributed by atoms with Crippen LogP contribution in [0.1, 0.15) is 41.7 Å². The predicted octanol–water partition coefficient (Wildman–Crippen LogP) is 4.19. The van der Waals surface area contributed by atoms with Crippen molar-refractivity contribution < 1.29 is 27.1 Å². The van der Waals surface area contributed by atoms with Crippen molar-refractivity contribution in [3.8, 4) is 0 Å². The number of urea groups is 1. The van der Waals surface area contributed by atoms with Crippen molar-refractivity contribution in [3.05, 3.63) is 70.8 Å². The fourth-order valence-corrected chi connectivity index (χ4v) is 4.45. The number of ether oxygens (including phenoxy) is 1. The van der Waals surface area contributed by atoms with E-state index in [1.807, 2.05) is 30.3 Å². The summed E-state index contributed by atoms with van der Waals surface area (Å²) < 4.78 is 59.0. The van der Waals surface area contributed by atoms with Crippen molar-refractivity contribution in [2.75, 3.05) is 13.2 Å². The molecule has 9 heteroatoms. The van der Waals surface area contributed by atoms with Crippen molar-refractivity contribution in [1.29, 1.82) is 0 Å². The zero-order chi connectivity index (χ0) is 22.9. The minimum atomic E-state index is -4.57. The van der Waals surface area contributed by atoms with E-state index in [9.17, 15) is 22.4 Å². The molecule has 2 aromatic carbocycles. The van der Waals surface area contributed by atoms with Crippen molar-refractivity contribution >= 4 is 6.03 Å². The fraction of sp³-hybridized carbons (Fsp3) is 0.435. The van der Waals surface area contributed by atoms with Crippen LogP contribution in [0.3, 0.4) is 0 Å². The SMILES string of the molecule is C[C@@H](OC[C@@]1(c2ccccc2)C[C@H]2NC(=O)N[C@H]2CN1)c1cc(CF)cc(C(F)(F)F)c1. The molecular weight excluding hydrogens is 426 g/mol. The Morgan fingerprint density at radius 2 is 1.84 bits per heavy atom. The van der Waals surface area contributed by atoms with Crippen LogP contribution < -0.4 is 16.0 Å². The number of carbonyl (C=O) groups excluding carboxylic acids is 1. The summed E-state index contributed by atoms with van der Waals surface area (Å²) in [5.74, 6) is 0. The molecule has 0 unspecified atom stereocenters. The van der Waals surface area contributed by atoms with E-state index in [0.717, 1.165) is 17.7 Å². The molecule has 0 saturated carbocycles. The second-order valence-corrected chi connectivity index (χ2v) is 8.41. The molecule has 5 nitrogen and oxygen atoms in total. The van der Waals surface area contributed by atoms with Crippen LogP contribution in [-0.4, -0.2) is 31.3 Å². The standard InChI is InChI=1S/C23H25F4N3O2/c1-14(16-7-15(11-24)8-18(9-16)23(25,26)27)32-13-22(17-5-3-2-4-6-17)10-19-20(12-28-22)30-21(31)29-19/h2-9,14,19-20,28H,10-13H2,1H3,(H2,29,30,31)/t14-,19-,20+,22-/m1/s1. The van der Waals surface area contributed by atoms with Crippen LogP contribution in [0.25, 0.3) is 0 Å². The van der Waals surface area contributed by atoms with Crippen molar-refractivity contribution in [1.82, 2.24) is 16.0 Å². The molecule has 0 spiro atoms. The fourth-order valence-electron chi connectivity index (χ4n) is 4.45. The van der Waals surface area contributed by atoms with Crippen LogP contribution in [0.2, 0.25) is 0 Å². The molecule has 0 aromatic heterocycles. The van der Waals surface area contributed by atoms with Gasteiger partial charge in [-0.1, -0.05) is 36.4 Å². The lowest BCUT2D eigenvalue weighted by atomic mass is 9.79. The molecule has 172 valence electrons. The second kappa shape index (κ2) is 8.71. The first kappa shape index (κ1) is 22.5. The van der Waals surface area contributed by atoms with E-state index in [0.29, 0.717) is 13.0 Å². The number of rotatable bonds is 6. The number of alkyl halides is 4. The first-order chi connectivity index (χ1) is 15.2. The van der Waals surface area contributed by atoms with Gasteiger partial charge in [-0.15, -0.1) is 0 Å². The highest BCUT2D eigenvalue weighted by Crippen LogP contribution is 2.36. The Labute approximate surface area is 183 Å². The molecule has 2 fully saturated rings. The van der Waals surface area contributed by atoms with Gasteiger partial charge in [0.25, 0.3) is 0 Å². The Hall–Kier alpha value is -2.65. The zero-order valence-corrected chi connectivity index (χ0v) is 17.5. The lowest BCUT2D eigenvalue weighted by molar-refractivity contribution is -0.137. The smallest absolute Gasteiger partial charge is 0.372 e. The van der Waals surface area contributed by atoms with Gasteiger partial charge in [-0.05, 0) is 42.2 Å². The average molecular weight is 451 g/mol. The van der Waals surface area contributed by atoms with Crippen molar-refractivity contribution in [2.45, 2.75) is 49.9 Å². The van der Waals surface area contributed by atoms with Crippen molar-refractivity contribution in [2.24, 2.45) is 0 Å². The highest BCUT2D eigenvalue weighted by atomic mass is 19.4. The van der Waals surface area contributed by atoms with E-state index in [1.165, 1.54) is 6.07 Å². The van der Waals surface area contributed by atoms with E-state index >= 15 is 0 Å². The molecule has 0 bridgehead atoms. The van der Waals surface area contributed by atoms with Crippen LogP contribution in [0.4, 0.5) is 22.4 Å². The van der Waals surface area contributed by atoms with Gasteiger partial charge >= 0.3 is 12.2 Å². The van der Waals surface area contributed by atoms with Crippen LogP contribution in [0.5, 0.6) is 0 Å². The van der Waals surface area contributed by atoms with Gasteiger partial charge in [0.1, 0.15) is 6.67 Å². The minimum Gasteiger partial charge on any atom is -0.372 e. The van der Waals surface area contributed by atoms with Crippen LogP contribution >= 0.6 is 0 Å². The molecule has 0 aliphatic carbocycles. The maximum absolute atomic E-state index is 13.2. The number of benzene rings is 2. The number of piperidine rings is 1. The third kappa shape index (κ3) is 4.59. The maximum atomic E-state index is 13.2. The molecule has 3 N–H and O–H groups in total. The van der Waals surface area contributed by atoms with Crippen LogP contribution in [-0.2, 0) is 23.1 Å². The molecule has 2 aliphatic heterocycles. The summed E-state index contributed by atoms with van der Waals surface area (Å²) in [5.41, 5.74) is -0.350. The highest BCUT2D eigenvalue weighted by molar-refractivity contribution is 5.77. The van der Waals surface area contributed by atoms with Gasteiger partial charge in [0, 0.05) is 6.54 Å². The molecule has 2 aromatic rings. The number of hydrogen-bond acceptors (Lipinski definition) is 3. The number of carbonyl (C=O) groups is 1. The van der Waals surface area contributed by atoms with Crippen LogP contribution in [0, 0.1) is 0 Å².